The predicted octanol–water partition coefficient (Wildman–Crippen LogP) is 8.21. The van der Waals surface area contributed by atoms with Gasteiger partial charge in [-0.25, -0.2) is 15.0 Å². The number of aromatic nitrogens is 5. The molecule has 0 aliphatic carbocycles. The second kappa shape index (κ2) is 16.1. The van der Waals surface area contributed by atoms with Gasteiger partial charge in [0.25, 0.3) is 0 Å². The number of rotatable bonds is 17. The van der Waals surface area contributed by atoms with Crippen molar-refractivity contribution in [3.63, 3.8) is 0 Å². The Morgan fingerprint density at radius 1 is 0.682 bits per heavy atom. The van der Waals surface area contributed by atoms with E-state index in [0.29, 0.717) is 59.2 Å². The van der Waals surface area contributed by atoms with Gasteiger partial charge in [-0.05, 0) is 55.0 Å². The van der Waals surface area contributed by atoms with Crippen LogP contribution in [-0.4, -0.2) is 48.2 Å². The van der Waals surface area contributed by atoms with E-state index in [1.165, 1.54) is 12.8 Å². The van der Waals surface area contributed by atoms with Gasteiger partial charge in [0.15, 0.2) is 17.5 Å². The van der Waals surface area contributed by atoms with Crippen LogP contribution >= 0.6 is 0 Å². The molecule has 236 valence electrons. The third-order valence-electron chi connectivity index (χ3n) is 8.16. The summed E-state index contributed by atoms with van der Waals surface area (Å²) in [5, 5.41) is 26.4. The zero-order valence-electron chi connectivity index (χ0n) is 26.8. The van der Waals surface area contributed by atoms with E-state index in [1.807, 2.05) is 18.2 Å². The van der Waals surface area contributed by atoms with Gasteiger partial charge in [-0.2, -0.15) is 5.10 Å². The van der Waals surface area contributed by atoms with Crippen LogP contribution in [0.25, 0.3) is 34.3 Å². The minimum Gasteiger partial charge on any atom is -0.507 e. The smallest absolute Gasteiger partial charge is 0.182 e. The molecule has 0 saturated heterocycles. The molecule has 9 nitrogen and oxygen atoms in total. The molecule has 2 N–H and O–H groups in total. The number of ether oxygens (including phenoxy) is 2. The van der Waals surface area contributed by atoms with Crippen molar-refractivity contribution in [1.82, 2.24) is 24.7 Å². The first kappa shape index (κ1) is 32.8. The van der Waals surface area contributed by atoms with Crippen LogP contribution in [0.2, 0.25) is 0 Å². The lowest BCUT2D eigenvalue weighted by atomic mass is 10.0. The van der Waals surface area contributed by atoms with Crippen molar-refractivity contribution in [1.29, 1.82) is 0 Å². The lowest BCUT2D eigenvalue weighted by molar-refractivity contribution is 0.232. The summed E-state index contributed by atoms with van der Waals surface area (Å²) in [6.07, 6.45) is 10.7. The van der Waals surface area contributed by atoms with Gasteiger partial charge in [-0.1, -0.05) is 66.2 Å². The molecule has 0 radical (unpaired) electrons. The zero-order chi connectivity index (χ0) is 31.5. The molecule has 2 atom stereocenters. The number of aryl methyl sites for hydroxylation is 1. The van der Waals surface area contributed by atoms with Crippen molar-refractivity contribution in [3.8, 4) is 57.3 Å². The number of hydrogen-bond donors (Lipinski definition) is 2. The van der Waals surface area contributed by atoms with E-state index < -0.39 is 0 Å². The van der Waals surface area contributed by atoms with E-state index in [4.69, 9.17) is 9.47 Å². The van der Waals surface area contributed by atoms with Crippen LogP contribution in [0.1, 0.15) is 79.1 Å². The van der Waals surface area contributed by atoms with Crippen molar-refractivity contribution in [2.45, 2.75) is 79.1 Å². The van der Waals surface area contributed by atoms with E-state index in [9.17, 15) is 10.2 Å². The van der Waals surface area contributed by atoms with Crippen molar-refractivity contribution < 1.29 is 19.7 Å². The summed E-state index contributed by atoms with van der Waals surface area (Å²) in [6, 6.07) is 12.2. The fraction of sp³-hybridized carbons (Fsp3) is 0.486. The Labute approximate surface area is 261 Å². The molecule has 0 saturated carbocycles. The van der Waals surface area contributed by atoms with E-state index in [-0.39, 0.29) is 23.1 Å². The Balaban J connectivity index is 1.63. The average molecular weight is 602 g/mol. The highest BCUT2D eigenvalue weighted by atomic mass is 16.5. The van der Waals surface area contributed by atoms with Gasteiger partial charge in [0, 0.05) is 25.4 Å². The maximum atomic E-state index is 11.1. The van der Waals surface area contributed by atoms with Gasteiger partial charge in [0.2, 0.25) is 0 Å². The van der Waals surface area contributed by atoms with Crippen LogP contribution in [0.4, 0.5) is 0 Å². The van der Waals surface area contributed by atoms with E-state index in [1.54, 1.807) is 42.2 Å². The number of unbranched alkanes of at least 4 members (excludes halogenated alkanes) is 2. The van der Waals surface area contributed by atoms with Crippen LogP contribution in [-0.2, 0) is 7.05 Å². The average Bonchev–Trinajstić information content (AvgIpc) is 3.47. The summed E-state index contributed by atoms with van der Waals surface area (Å²) in [4.78, 5) is 14.1. The van der Waals surface area contributed by atoms with Crippen LogP contribution in [0.15, 0.2) is 48.7 Å². The molecule has 0 fully saturated rings. The molecule has 2 aromatic carbocycles. The zero-order valence-corrected chi connectivity index (χ0v) is 26.8. The fourth-order valence-corrected chi connectivity index (χ4v) is 5.13. The molecule has 4 aromatic rings. The molecule has 0 aliphatic heterocycles. The first-order valence-corrected chi connectivity index (χ1v) is 16.0. The normalized spacial score (nSPS) is 12.7. The highest BCUT2D eigenvalue weighted by Gasteiger charge is 2.19. The summed E-state index contributed by atoms with van der Waals surface area (Å²) < 4.78 is 13.7. The summed E-state index contributed by atoms with van der Waals surface area (Å²) in [5.41, 5.74) is 1.53. The number of benzene rings is 2. The molecule has 0 aliphatic rings. The standard InChI is InChI=1S/C35H47N5O4/c1-6-10-12-24(8-3)22-43-26-14-16-28(31(41)20-26)33-37-34(39-35(38-33)30-18-19-36-40(30)5)29-17-15-27(21-32(29)42)44-23-25(9-4)13-11-7-2/h14-21,24-25,41-42H,6-13,22-23H2,1-5H3. The first-order chi connectivity index (χ1) is 21.4. The molecule has 0 spiro atoms. The summed E-state index contributed by atoms with van der Waals surface area (Å²) in [5.74, 6) is 3.04. The number of hydrogen-bond acceptors (Lipinski definition) is 8. The lowest BCUT2D eigenvalue weighted by Crippen LogP contribution is -2.11. The summed E-state index contributed by atoms with van der Waals surface area (Å²) in [7, 11) is 1.81. The Morgan fingerprint density at radius 2 is 1.16 bits per heavy atom. The second-order valence-corrected chi connectivity index (χ2v) is 11.5. The first-order valence-electron chi connectivity index (χ1n) is 16.0. The summed E-state index contributed by atoms with van der Waals surface area (Å²) in [6.45, 7) is 9.95. The molecule has 2 heterocycles. The SMILES string of the molecule is CCCCC(CC)COc1ccc(-c2nc(-c3ccc(OCC(CC)CCCC)cc3O)nc(-c3ccnn3C)n2)c(O)c1. The molecule has 9 heteroatoms. The molecule has 0 amide bonds. The van der Waals surface area contributed by atoms with Crippen LogP contribution in [0.5, 0.6) is 23.0 Å². The molecule has 0 bridgehead atoms. The van der Waals surface area contributed by atoms with Gasteiger partial charge in [0.05, 0.1) is 24.3 Å². The van der Waals surface area contributed by atoms with Gasteiger partial charge < -0.3 is 19.7 Å². The highest BCUT2D eigenvalue weighted by Crippen LogP contribution is 2.36. The number of nitrogens with zero attached hydrogens (tertiary/aromatic N) is 5. The Hall–Kier alpha value is -4.14. The van der Waals surface area contributed by atoms with Gasteiger partial charge >= 0.3 is 0 Å². The monoisotopic (exact) mass is 601 g/mol. The number of phenolic OH excluding ortho intramolecular Hbond substituents is 2. The highest BCUT2D eigenvalue weighted by molar-refractivity contribution is 5.72. The quantitative estimate of drug-likeness (QED) is 0.124. The Bertz CT molecular complexity index is 1400. The molecule has 2 aromatic heterocycles. The van der Waals surface area contributed by atoms with Crippen molar-refractivity contribution in [3.05, 3.63) is 48.7 Å². The third kappa shape index (κ3) is 8.49. The van der Waals surface area contributed by atoms with E-state index in [2.05, 4.69) is 47.7 Å². The van der Waals surface area contributed by atoms with Crippen molar-refractivity contribution in [2.24, 2.45) is 18.9 Å². The van der Waals surface area contributed by atoms with Crippen molar-refractivity contribution in [2.75, 3.05) is 13.2 Å². The van der Waals surface area contributed by atoms with E-state index >= 15 is 0 Å². The minimum absolute atomic E-state index is 0.00117. The molecule has 2 unspecified atom stereocenters. The largest absolute Gasteiger partial charge is 0.507 e. The molecule has 44 heavy (non-hydrogen) atoms. The molecular formula is C35H47N5O4. The van der Waals surface area contributed by atoms with Crippen molar-refractivity contribution >= 4 is 0 Å². The van der Waals surface area contributed by atoms with Gasteiger partial charge in [0.1, 0.15) is 28.7 Å². The third-order valence-corrected chi connectivity index (χ3v) is 8.16. The lowest BCUT2D eigenvalue weighted by Gasteiger charge is -2.16. The second-order valence-electron chi connectivity index (χ2n) is 11.5. The number of aromatic hydroxyl groups is 2. The predicted molar refractivity (Wildman–Crippen MR) is 174 cm³/mol. The molecular weight excluding hydrogens is 554 g/mol. The van der Waals surface area contributed by atoms with Crippen LogP contribution < -0.4 is 9.47 Å². The number of phenols is 2. The van der Waals surface area contributed by atoms with Crippen LogP contribution in [0, 0.1) is 11.8 Å². The van der Waals surface area contributed by atoms with E-state index in [0.717, 1.165) is 38.5 Å². The van der Waals surface area contributed by atoms with Gasteiger partial charge in [-0.15, -0.1) is 0 Å². The van der Waals surface area contributed by atoms with Gasteiger partial charge in [-0.3, -0.25) is 4.68 Å². The Morgan fingerprint density at radius 3 is 1.55 bits per heavy atom. The maximum Gasteiger partial charge on any atom is 0.182 e. The summed E-state index contributed by atoms with van der Waals surface area (Å²) >= 11 is 0. The maximum absolute atomic E-state index is 11.1. The molecule has 4 rings (SSSR count). The topological polar surface area (TPSA) is 115 Å². The fourth-order valence-electron chi connectivity index (χ4n) is 5.13. The Kier molecular flexibility index (Phi) is 12.0. The van der Waals surface area contributed by atoms with Crippen LogP contribution in [0.3, 0.4) is 0 Å². The minimum atomic E-state index is -0.00117.